The van der Waals surface area contributed by atoms with E-state index in [9.17, 15) is 4.79 Å². The van der Waals surface area contributed by atoms with Crippen LogP contribution in [0.25, 0.3) is 22.2 Å². The zero-order chi connectivity index (χ0) is 14.1. The molecule has 0 aliphatic rings. The summed E-state index contributed by atoms with van der Waals surface area (Å²) in [6.45, 7) is 0. The Labute approximate surface area is 117 Å². The molecule has 3 aromatic rings. The van der Waals surface area contributed by atoms with Crippen LogP contribution in [0.1, 0.15) is 10.4 Å². The number of carbonyl (C=O) groups is 1. The first-order chi connectivity index (χ1) is 9.66. The van der Waals surface area contributed by atoms with Crippen LogP contribution in [0.5, 0.6) is 0 Å². The maximum absolute atomic E-state index is 11.9. The normalized spacial score (nSPS) is 10.7. The molecule has 0 aliphatic heterocycles. The minimum absolute atomic E-state index is 0.0112. The Hall–Kier alpha value is -2.62. The average molecular weight is 265 g/mol. The lowest BCUT2D eigenvalue weighted by molar-refractivity contribution is 0.0827. The highest BCUT2D eigenvalue weighted by Gasteiger charge is 2.10. The number of benzene rings is 1. The van der Waals surface area contributed by atoms with Crippen molar-refractivity contribution in [3.8, 4) is 11.1 Å². The summed E-state index contributed by atoms with van der Waals surface area (Å²) in [5.41, 5.74) is 3.73. The molecule has 4 nitrogen and oxygen atoms in total. The van der Waals surface area contributed by atoms with Crippen molar-refractivity contribution < 1.29 is 4.79 Å². The summed E-state index contributed by atoms with van der Waals surface area (Å²) in [7, 11) is 3.50. The number of H-pyrrole nitrogens is 1. The second-order valence-electron chi connectivity index (χ2n) is 4.88. The number of nitrogens with zero attached hydrogens (tertiary/aromatic N) is 2. The summed E-state index contributed by atoms with van der Waals surface area (Å²) >= 11 is 0. The fourth-order valence-corrected chi connectivity index (χ4v) is 2.25. The fourth-order valence-electron chi connectivity index (χ4n) is 2.25. The van der Waals surface area contributed by atoms with Crippen molar-refractivity contribution in [2.45, 2.75) is 0 Å². The molecule has 1 aromatic carbocycles. The minimum Gasteiger partial charge on any atom is -0.346 e. The van der Waals surface area contributed by atoms with Crippen molar-refractivity contribution in [2.24, 2.45) is 0 Å². The van der Waals surface area contributed by atoms with E-state index in [2.05, 4.69) is 9.97 Å². The van der Waals surface area contributed by atoms with Crippen LogP contribution < -0.4 is 0 Å². The van der Waals surface area contributed by atoms with Crippen LogP contribution in [-0.4, -0.2) is 34.9 Å². The Kier molecular flexibility index (Phi) is 2.99. The van der Waals surface area contributed by atoms with Gasteiger partial charge >= 0.3 is 0 Å². The second-order valence-corrected chi connectivity index (χ2v) is 4.88. The van der Waals surface area contributed by atoms with Gasteiger partial charge in [-0.3, -0.25) is 4.79 Å². The summed E-state index contributed by atoms with van der Waals surface area (Å²) in [6.07, 6.45) is 3.71. The zero-order valence-electron chi connectivity index (χ0n) is 11.4. The van der Waals surface area contributed by atoms with Gasteiger partial charge in [-0.05, 0) is 29.8 Å². The molecular weight excluding hydrogens is 250 g/mol. The molecule has 0 unspecified atom stereocenters. The number of hydrogen-bond donors (Lipinski definition) is 1. The predicted octanol–water partition coefficient (Wildman–Crippen LogP) is 2.93. The van der Waals surface area contributed by atoms with Gasteiger partial charge in [0.2, 0.25) is 0 Å². The number of aromatic amines is 1. The van der Waals surface area contributed by atoms with Crippen molar-refractivity contribution in [3.63, 3.8) is 0 Å². The highest BCUT2D eigenvalue weighted by atomic mass is 16.2. The number of fused-ring (bicyclic) bond motifs is 1. The first-order valence-corrected chi connectivity index (χ1v) is 6.41. The third-order valence-corrected chi connectivity index (χ3v) is 3.30. The SMILES string of the molecule is CN(C)C(=O)c1ccc(-c2c[nH]c3ncccc23)cc1. The number of nitrogens with one attached hydrogen (secondary N) is 1. The van der Waals surface area contributed by atoms with Crippen molar-refractivity contribution in [1.29, 1.82) is 0 Å². The van der Waals surface area contributed by atoms with Crippen molar-refractivity contribution >= 4 is 16.9 Å². The molecule has 1 amide bonds. The Morgan fingerprint density at radius 1 is 1.15 bits per heavy atom. The average Bonchev–Trinajstić information content (AvgIpc) is 2.90. The van der Waals surface area contributed by atoms with Gasteiger partial charge in [0.25, 0.3) is 5.91 Å². The van der Waals surface area contributed by atoms with E-state index in [1.54, 1.807) is 25.2 Å². The fraction of sp³-hybridized carbons (Fsp3) is 0.125. The summed E-state index contributed by atoms with van der Waals surface area (Å²) in [5, 5.41) is 1.08. The second kappa shape index (κ2) is 4.81. The maximum Gasteiger partial charge on any atom is 0.253 e. The van der Waals surface area contributed by atoms with E-state index in [1.807, 2.05) is 42.6 Å². The van der Waals surface area contributed by atoms with Crippen LogP contribution in [0, 0.1) is 0 Å². The smallest absolute Gasteiger partial charge is 0.253 e. The summed E-state index contributed by atoms with van der Waals surface area (Å²) in [5.74, 6) is 0.0112. The molecule has 1 N–H and O–H groups in total. The van der Waals surface area contributed by atoms with Crippen molar-refractivity contribution in [3.05, 3.63) is 54.4 Å². The van der Waals surface area contributed by atoms with Crippen LogP contribution in [-0.2, 0) is 0 Å². The molecule has 0 saturated heterocycles. The molecule has 20 heavy (non-hydrogen) atoms. The molecule has 0 fully saturated rings. The number of carbonyl (C=O) groups excluding carboxylic acids is 1. The molecule has 3 rings (SSSR count). The van der Waals surface area contributed by atoms with Gasteiger partial charge in [0.1, 0.15) is 5.65 Å². The molecule has 0 radical (unpaired) electrons. The Morgan fingerprint density at radius 2 is 1.90 bits per heavy atom. The highest BCUT2D eigenvalue weighted by Crippen LogP contribution is 2.27. The van der Waals surface area contributed by atoms with Gasteiger partial charge in [-0.2, -0.15) is 0 Å². The molecule has 0 aliphatic carbocycles. The van der Waals surface area contributed by atoms with E-state index >= 15 is 0 Å². The van der Waals surface area contributed by atoms with E-state index in [1.165, 1.54) is 0 Å². The summed E-state index contributed by atoms with van der Waals surface area (Å²) < 4.78 is 0. The largest absolute Gasteiger partial charge is 0.346 e. The van der Waals surface area contributed by atoms with Crippen LogP contribution in [0.4, 0.5) is 0 Å². The van der Waals surface area contributed by atoms with E-state index in [4.69, 9.17) is 0 Å². The van der Waals surface area contributed by atoms with Gasteiger partial charge in [0.05, 0.1) is 0 Å². The number of aromatic nitrogens is 2. The first kappa shape index (κ1) is 12.4. The van der Waals surface area contributed by atoms with E-state index < -0.39 is 0 Å². The zero-order valence-corrected chi connectivity index (χ0v) is 11.4. The van der Waals surface area contributed by atoms with Gasteiger partial charge in [-0.25, -0.2) is 4.98 Å². The lowest BCUT2D eigenvalue weighted by Gasteiger charge is -2.10. The van der Waals surface area contributed by atoms with Gasteiger partial charge in [-0.1, -0.05) is 12.1 Å². The molecule has 0 spiro atoms. The molecule has 4 heteroatoms. The predicted molar refractivity (Wildman–Crippen MR) is 79.5 cm³/mol. The van der Waals surface area contributed by atoms with E-state index in [0.717, 1.165) is 22.2 Å². The van der Waals surface area contributed by atoms with Gasteiger partial charge in [-0.15, -0.1) is 0 Å². The van der Waals surface area contributed by atoms with E-state index in [-0.39, 0.29) is 5.91 Å². The maximum atomic E-state index is 11.9. The molecule has 2 heterocycles. The lowest BCUT2D eigenvalue weighted by Crippen LogP contribution is -2.21. The third kappa shape index (κ3) is 2.05. The molecule has 0 saturated carbocycles. The molecule has 2 aromatic heterocycles. The number of rotatable bonds is 2. The molecule has 0 bridgehead atoms. The Morgan fingerprint density at radius 3 is 2.60 bits per heavy atom. The number of pyridine rings is 1. The minimum atomic E-state index is 0.0112. The van der Waals surface area contributed by atoms with Crippen LogP contribution >= 0.6 is 0 Å². The molecular formula is C16H15N3O. The van der Waals surface area contributed by atoms with Crippen molar-refractivity contribution in [2.75, 3.05) is 14.1 Å². The molecule has 100 valence electrons. The Balaban J connectivity index is 2.01. The Bertz CT molecular complexity index is 757. The van der Waals surface area contributed by atoms with Gasteiger partial charge in [0, 0.05) is 43.0 Å². The van der Waals surface area contributed by atoms with Crippen LogP contribution in [0.15, 0.2) is 48.8 Å². The number of hydrogen-bond acceptors (Lipinski definition) is 2. The van der Waals surface area contributed by atoms with E-state index in [0.29, 0.717) is 5.56 Å². The highest BCUT2D eigenvalue weighted by molar-refractivity contribution is 5.96. The van der Waals surface area contributed by atoms with Gasteiger partial charge in [0.15, 0.2) is 0 Å². The van der Waals surface area contributed by atoms with Gasteiger partial charge < -0.3 is 9.88 Å². The summed E-state index contributed by atoms with van der Waals surface area (Å²) in [4.78, 5) is 20.9. The van der Waals surface area contributed by atoms with Crippen molar-refractivity contribution in [1.82, 2.24) is 14.9 Å². The third-order valence-electron chi connectivity index (χ3n) is 3.30. The standard InChI is InChI=1S/C16H15N3O/c1-19(2)16(20)12-7-5-11(6-8-12)14-10-18-15-13(14)4-3-9-17-15/h3-10H,1-2H3,(H,17,18). The first-order valence-electron chi connectivity index (χ1n) is 6.41. The monoisotopic (exact) mass is 265 g/mol. The molecule has 0 atom stereocenters. The lowest BCUT2D eigenvalue weighted by atomic mass is 10.0. The topological polar surface area (TPSA) is 49.0 Å². The summed E-state index contributed by atoms with van der Waals surface area (Å²) in [6, 6.07) is 11.6. The quantitative estimate of drug-likeness (QED) is 0.774. The van der Waals surface area contributed by atoms with Crippen LogP contribution in [0.2, 0.25) is 0 Å². The number of amides is 1. The van der Waals surface area contributed by atoms with Crippen LogP contribution in [0.3, 0.4) is 0 Å².